The molecule has 0 radical (unpaired) electrons. The topological polar surface area (TPSA) is 190 Å². The fourth-order valence-electron chi connectivity index (χ4n) is 0. The average molecular weight is 268 g/mol. The van der Waals surface area contributed by atoms with Crippen molar-refractivity contribution in [1.29, 1.82) is 0 Å². The van der Waals surface area contributed by atoms with Crippen LogP contribution in [0.4, 0.5) is 0 Å². The van der Waals surface area contributed by atoms with Gasteiger partial charge in [0.15, 0.2) is 0 Å². The van der Waals surface area contributed by atoms with Crippen LogP contribution in [0.25, 0.3) is 0 Å². The minimum absolute atomic E-state index is 0. The van der Waals surface area contributed by atoms with Crippen LogP contribution >= 0.6 is 0 Å². The number of rotatable bonds is 0. The van der Waals surface area contributed by atoms with Crippen molar-refractivity contribution in [1.82, 2.24) is 6.15 Å². The van der Waals surface area contributed by atoms with E-state index in [1.54, 1.807) is 0 Å². The third-order valence-electron chi connectivity index (χ3n) is 0. The molecule has 0 aliphatic heterocycles. The number of hydrogen-bond acceptors (Lipinski definition) is 5. The van der Waals surface area contributed by atoms with Crippen molar-refractivity contribution < 1.29 is 47.6 Å². The molecule has 0 aromatic carbocycles. The van der Waals surface area contributed by atoms with E-state index >= 15 is 0 Å². The van der Waals surface area contributed by atoms with E-state index in [9.17, 15) is 0 Å². The average Bonchev–Trinajstić information content (AvgIpc) is 1.12. The van der Waals surface area contributed by atoms with Gasteiger partial charge in [0, 0.05) is 17.1 Å². The van der Waals surface area contributed by atoms with E-state index in [1.165, 1.54) is 0 Å². The zero-order chi connectivity index (χ0) is 9.00. The van der Waals surface area contributed by atoms with Crippen LogP contribution in [-0.2, 0) is 37.8 Å². The van der Waals surface area contributed by atoms with Crippen molar-refractivity contribution >= 4 is 20.7 Å². The molecule has 0 unspecified atom stereocenters. The van der Waals surface area contributed by atoms with E-state index in [0.717, 1.165) is 0 Å². The molecule has 12 heteroatoms. The third-order valence-corrected chi connectivity index (χ3v) is 0. The third kappa shape index (κ3) is 18000. The summed E-state index contributed by atoms with van der Waals surface area (Å²) in [6.07, 6.45) is 0. The molecular formula is H8FeN2O7S2. The quantitative estimate of drug-likeness (QED) is 0.252. The van der Waals surface area contributed by atoms with Gasteiger partial charge in [-0.25, -0.2) is 5.14 Å². The second-order valence-corrected chi connectivity index (χ2v) is 2.89. The predicted octanol–water partition coefficient (Wildman–Crippen LogP) is -1.75. The Kier molecular flexibility index (Phi) is 14.9. The van der Waals surface area contributed by atoms with Crippen LogP contribution in [0, 0.1) is 0 Å². The van der Waals surface area contributed by atoms with Crippen molar-refractivity contribution in [3.05, 3.63) is 0 Å². The standard InChI is InChI=1S/Fe.H3NO3S.H3N.H2O4S/c;1-5(2,3)4;;1-5(2,3)4/h;(H3,1,2,3,4);1H3;(H2,1,2,3,4). The van der Waals surface area contributed by atoms with Crippen LogP contribution in [0.5, 0.6) is 0 Å². The first-order valence-corrected chi connectivity index (χ1v) is 4.35. The summed E-state index contributed by atoms with van der Waals surface area (Å²) in [4.78, 5) is 0. The van der Waals surface area contributed by atoms with Gasteiger partial charge < -0.3 is 6.15 Å². The van der Waals surface area contributed by atoms with Gasteiger partial charge in [-0.2, -0.15) is 16.8 Å². The van der Waals surface area contributed by atoms with Crippen LogP contribution in [0.15, 0.2) is 0 Å². The van der Waals surface area contributed by atoms with Crippen molar-refractivity contribution in [2.75, 3.05) is 0 Å². The Hall–Kier alpha value is 0.219. The summed E-state index contributed by atoms with van der Waals surface area (Å²) >= 11 is 0. The molecule has 12 heavy (non-hydrogen) atoms. The van der Waals surface area contributed by atoms with Gasteiger partial charge in [-0.05, 0) is 0 Å². The molecule has 0 amide bonds. The summed E-state index contributed by atoms with van der Waals surface area (Å²) in [6.45, 7) is 0. The summed E-state index contributed by atoms with van der Waals surface area (Å²) in [5, 5.41) is 3.88. The molecule has 0 aromatic heterocycles. The Morgan fingerprint density at radius 3 is 0.917 bits per heavy atom. The first kappa shape index (κ1) is 22.8. The molecule has 0 atom stereocenters. The molecule has 0 saturated carbocycles. The Labute approximate surface area is 79.8 Å². The zero-order valence-corrected chi connectivity index (χ0v) is 8.17. The molecule has 0 spiro atoms. The molecule has 80 valence electrons. The van der Waals surface area contributed by atoms with Gasteiger partial charge in [-0.1, -0.05) is 0 Å². The fourth-order valence-corrected chi connectivity index (χ4v) is 0. The Morgan fingerprint density at radius 2 is 0.917 bits per heavy atom. The molecule has 0 fully saturated rings. The Balaban J connectivity index is -0.0000000457. The number of hydrogen-bond donors (Lipinski definition) is 5. The summed E-state index contributed by atoms with van der Waals surface area (Å²) in [5.41, 5.74) is 0. The van der Waals surface area contributed by atoms with E-state index in [1.807, 2.05) is 0 Å². The summed E-state index contributed by atoms with van der Waals surface area (Å²) in [7, 11) is -8.83. The van der Waals surface area contributed by atoms with E-state index < -0.39 is 20.7 Å². The monoisotopic (exact) mass is 268 g/mol. The van der Waals surface area contributed by atoms with E-state index in [-0.39, 0.29) is 23.2 Å². The zero-order valence-electron chi connectivity index (χ0n) is 5.43. The van der Waals surface area contributed by atoms with Gasteiger partial charge >= 0.3 is 20.7 Å². The van der Waals surface area contributed by atoms with Gasteiger partial charge in [0.25, 0.3) is 0 Å². The maximum absolute atomic E-state index is 8.97. The Bertz CT molecular complexity index is 216. The van der Waals surface area contributed by atoms with Crippen molar-refractivity contribution in [2.24, 2.45) is 5.14 Å². The summed E-state index contributed by atoms with van der Waals surface area (Å²) < 4.78 is 56.8. The Morgan fingerprint density at radius 1 is 0.917 bits per heavy atom. The first-order valence-electron chi connectivity index (χ1n) is 1.45. The molecule has 0 heterocycles. The minimum atomic E-state index is -4.67. The van der Waals surface area contributed by atoms with E-state index in [2.05, 4.69) is 5.14 Å². The molecule has 0 saturated heterocycles. The molecule has 0 aromatic rings. The molecular weight excluding hydrogens is 260 g/mol. The summed E-state index contributed by atoms with van der Waals surface area (Å²) in [6, 6.07) is 0. The summed E-state index contributed by atoms with van der Waals surface area (Å²) in [5.74, 6) is 0. The van der Waals surface area contributed by atoms with Crippen molar-refractivity contribution in [3.8, 4) is 0 Å². The van der Waals surface area contributed by atoms with Crippen LogP contribution in [0.2, 0.25) is 0 Å². The smallest absolute Gasteiger partial charge is 0.344 e. The van der Waals surface area contributed by atoms with Crippen LogP contribution in [0.3, 0.4) is 0 Å². The maximum Gasteiger partial charge on any atom is 0.394 e. The van der Waals surface area contributed by atoms with Crippen molar-refractivity contribution in [2.45, 2.75) is 0 Å². The van der Waals surface area contributed by atoms with Gasteiger partial charge in [-0.15, -0.1) is 0 Å². The van der Waals surface area contributed by atoms with Gasteiger partial charge in [0.2, 0.25) is 0 Å². The van der Waals surface area contributed by atoms with Crippen LogP contribution in [-0.4, -0.2) is 30.5 Å². The van der Waals surface area contributed by atoms with E-state index in [4.69, 9.17) is 30.5 Å². The maximum atomic E-state index is 8.97. The minimum Gasteiger partial charge on any atom is -0.344 e. The fraction of sp³-hybridized carbons (Fsp3) is 0. The normalized spacial score (nSPS) is 9.67. The SMILES string of the molecule is N.NS(=O)(=O)O.O=S(=O)(O)O.[Fe]. The predicted molar refractivity (Wildman–Crippen MR) is 34.9 cm³/mol. The van der Waals surface area contributed by atoms with Gasteiger partial charge in [0.05, 0.1) is 0 Å². The molecule has 9 nitrogen and oxygen atoms in total. The van der Waals surface area contributed by atoms with Crippen molar-refractivity contribution in [3.63, 3.8) is 0 Å². The number of nitrogens with two attached hydrogens (primary N) is 1. The molecule has 0 rings (SSSR count). The second-order valence-electron chi connectivity index (χ2n) is 0.963. The molecule has 0 aliphatic carbocycles. The van der Waals surface area contributed by atoms with Gasteiger partial charge in [0.1, 0.15) is 0 Å². The first-order chi connectivity index (χ1) is 4.00. The van der Waals surface area contributed by atoms with Crippen LogP contribution < -0.4 is 11.3 Å². The van der Waals surface area contributed by atoms with Crippen LogP contribution in [0.1, 0.15) is 0 Å². The molecule has 8 N–H and O–H groups in total. The molecule has 0 aliphatic rings. The van der Waals surface area contributed by atoms with Gasteiger partial charge in [-0.3, -0.25) is 13.7 Å². The molecule has 0 bridgehead atoms. The second kappa shape index (κ2) is 7.85. The largest absolute Gasteiger partial charge is 0.394 e. The van der Waals surface area contributed by atoms with E-state index in [0.29, 0.717) is 0 Å².